The molecule has 0 aromatic carbocycles. The molecular formula is HGdN3O9-2. The Balaban J connectivity index is -0.0000000450. The van der Waals surface area contributed by atoms with E-state index in [0.717, 1.165) is 0 Å². The van der Waals surface area contributed by atoms with Gasteiger partial charge in [-0.15, -0.1) is 10.1 Å². The van der Waals surface area contributed by atoms with Crippen molar-refractivity contribution in [2.45, 2.75) is 0 Å². The Morgan fingerprint density at radius 1 is 0.769 bits per heavy atom. The van der Waals surface area contributed by atoms with E-state index in [1.54, 1.807) is 0 Å². The fraction of sp³-hybridized carbons (Fsp3) is 0. The van der Waals surface area contributed by atoms with Gasteiger partial charge in [-0.3, -0.25) is 0 Å². The standard InChI is InChI=1S/Gd.HNO3.2NO3/c;3*2-1(3)4/h;(H,2,3,4);;/q;;2*-1. The molecule has 13 heavy (non-hydrogen) atoms. The quantitative estimate of drug-likeness (QED) is 0.430. The molecule has 1 N–H and O–H groups in total. The molecule has 0 aliphatic rings. The minimum absolute atomic E-state index is 0. The molecule has 0 saturated carbocycles. The molecule has 0 saturated heterocycles. The largest absolute Gasteiger partial charge is 0.356 e. The van der Waals surface area contributed by atoms with Crippen molar-refractivity contribution in [2.75, 3.05) is 0 Å². The van der Waals surface area contributed by atoms with Gasteiger partial charge in [0.1, 0.15) is 0 Å². The summed E-state index contributed by atoms with van der Waals surface area (Å²) in [7, 11) is 0. The van der Waals surface area contributed by atoms with E-state index in [2.05, 4.69) is 0 Å². The third-order valence-electron chi connectivity index (χ3n) is 0. The predicted octanol–water partition coefficient (Wildman–Crippen LogP) is -0.826. The second-order valence-corrected chi connectivity index (χ2v) is 0.685. The first-order valence-electron chi connectivity index (χ1n) is 1.66. The smallest absolute Gasteiger partial charge is 0.291 e. The van der Waals surface area contributed by atoms with Crippen molar-refractivity contribution in [3.8, 4) is 0 Å². The van der Waals surface area contributed by atoms with Crippen LogP contribution >= 0.6 is 0 Å². The fourth-order valence-corrected chi connectivity index (χ4v) is 0. The second-order valence-electron chi connectivity index (χ2n) is 0.685. The van der Waals surface area contributed by atoms with Crippen molar-refractivity contribution >= 4 is 0 Å². The second kappa shape index (κ2) is 17.1. The number of hydrogen-bond donors (Lipinski definition) is 1. The van der Waals surface area contributed by atoms with E-state index in [0.29, 0.717) is 0 Å². The first-order valence-corrected chi connectivity index (χ1v) is 1.66. The third kappa shape index (κ3) is 753. The molecule has 0 aromatic heterocycles. The summed E-state index contributed by atoms with van der Waals surface area (Å²) in [5, 5.41) is 43.1. The van der Waals surface area contributed by atoms with Gasteiger partial charge in [-0.05, 0) is 0 Å². The van der Waals surface area contributed by atoms with Crippen LogP contribution in [-0.4, -0.2) is 20.5 Å². The van der Waals surface area contributed by atoms with Crippen molar-refractivity contribution in [3.05, 3.63) is 40.8 Å². The maximum atomic E-state index is 8.36. The van der Waals surface area contributed by atoms with Crippen LogP contribution in [0.1, 0.15) is 0 Å². The van der Waals surface area contributed by atoms with Gasteiger partial charge in [0, 0.05) is 39.9 Å². The molecule has 0 aliphatic heterocycles. The normalized spacial score (nSPS) is 5.54. The van der Waals surface area contributed by atoms with Crippen LogP contribution in [0, 0.1) is 80.7 Å². The summed E-state index contributed by atoms with van der Waals surface area (Å²) in [6, 6.07) is 0. The van der Waals surface area contributed by atoms with Crippen LogP contribution in [-0.2, 0) is 0 Å². The summed E-state index contributed by atoms with van der Waals surface area (Å²) in [6.07, 6.45) is 0. The molecule has 0 bridgehead atoms. The van der Waals surface area contributed by atoms with E-state index in [9.17, 15) is 0 Å². The Bertz CT molecular complexity index is 112. The molecule has 80 valence electrons. The predicted molar refractivity (Wildman–Crippen MR) is 29.5 cm³/mol. The molecule has 0 rings (SSSR count). The van der Waals surface area contributed by atoms with Gasteiger partial charge in [0.15, 0.2) is 0 Å². The monoisotopic (exact) mass is 345 g/mol. The minimum atomic E-state index is -1.75. The van der Waals surface area contributed by atoms with Crippen LogP contribution < -0.4 is 0 Å². The summed E-state index contributed by atoms with van der Waals surface area (Å²) in [5.41, 5.74) is 0. The average molecular weight is 344 g/mol. The van der Waals surface area contributed by atoms with Gasteiger partial charge in [0.2, 0.25) is 0 Å². The van der Waals surface area contributed by atoms with Gasteiger partial charge in [-0.25, -0.2) is 0 Å². The molecule has 12 nitrogen and oxygen atoms in total. The van der Waals surface area contributed by atoms with Crippen LogP contribution in [0.15, 0.2) is 0 Å². The van der Waals surface area contributed by atoms with Crippen molar-refractivity contribution in [1.82, 2.24) is 0 Å². The molecule has 0 amide bonds. The zero-order chi connectivity index (χ0) is 10.7. The summed E-state index contributed by atoms with van der Waals surface area (Å²) >= 11 is 0. The molecule has 0 heterocycles. The SMILES string of the molecule is O=[N+]([O-])O.O=[N+]([O-])[O-].O=[N+]([O-])[O-].[Gd]. The summed E-state index contributed by atoms with van der Waals surface area (Å²) in [6.45, 7) is 0. The van der Waals surface area contributed by atoms with E-state index in [4.69, 9.17) is 46.0 Å². The van der Waals surface area contributed by atoms with Crippen molar-refractivity contribution in [2.24, 2.45) is 0 Å². The van der Waals surface area contributed by atoms with Crippen LogP contribution in [0.2, 0.25) is 0 Å². The van der Waals surface area contributed by atoms with E-state index < -0.39 is 15.3 Å². The Morgan fingerprint density at radius 3 is 0.769 bits per heavy atom. The van der Waals surface area contributed by atoms with Gasteiger partial charge in [0.25, 0.3) is 5.09 Å². The summed E-state index contributed by atoms with van der Waals surface area (Å²) in [5.74, 6) is 0. The number of nitrogens with zero attached hydrogens (tertiary/aromatic N) is 3. The zero-order valence-corrected chi connectivity index (χ0v) is 7.68. The van der Waals surface area contributed by atoms with Gasteiger partial charge < -0.3 is 35.9 Å². The van der Waals surface area contributed by atoms with Gasteiger partial charge in [0.05, 0.1) is 10.2 Å². The molecule has 0 aromatic rings. The van der Waals surface area contributed by atoms with Crippen LogP contribution in [0.3, 0.4) is 0 Å². The summed E-state index contributed by atoms with van der Waals surface area (Å²) < 4.78 is 0. The van der Waals surface area contributed by atoms with Gasteiger partial charge in [-0.1, -0.05) is 0 Å². The topological polar surface area (TPSA) is 196 Å². The Morgan fingerprint density at radius 2 is 0.769 bits per heavy atom. The summed E-state index contributed by atoms with van der Waals surface area (Å²) in [4.78, 5) is 24.9. The van der Waals surface area contributed by atoms with Crippen molar-refractivity contribution in [1.29, 1.82) is 0 Å². The molecular weight excluding hydrogens is 343 g/mol. The van der Waals surface area contributed by atoms with Crippen LogP contribution in [0.5, 0.6) is 0 Å². The van der Waals surface area contributed by atoms with E-state index >= 15 is 0 Å². The van der Waals surface area contributed by atoms with Crippen molar-refractivity contribution < 1.29 is 60.4 Å². The number of hydrogen-bond acceptors (Lipinski definition) is 8. The molecule has 0 spiro atoms. The minimum Gasteiger partial charge on any atom is -0.356 e. The van der Waals surface area contributed by atoms with E-state index in [1.165, 1.54) is 0 Å². The molecule has 0 atom stereocenters. The molecule has 0 aliphatic carbocycles. The van der Waals surface area contributed by atoms with E-state index in [1.807, 2.05) is 0 Å². The maximum absolute atomic E-state index is 8.36. The molecule has 0 fully saturated rings. The van der Waals surface area contributed by atoms with Crippen molar-refractivity contribution in [3.63, 3.8) is 0 Å². The van der Waals surface area contributed by atoms with E-state index in [-0.39, 0.29) is 39.9 Å². The Labute approximate surface area is 101 Å². The average Bonchev–Trinajstić information content (AvgIpc) is 1.54. The maximum Gasteiger partial charge on any atom is 0.291 e. The fourth-order valence-electron chi connectivity index (χ4n) is 0. The molecule has 13 heteroatoms. The van der Waals surface area contributed by atoms with Gasteiger partial charge >= 0.3 is 0 Å². The Kier molecular flexibility index (Phi) is 29.9. The third-order valence-corrected chi connectivity index (χ3v) is 0. The van der Waals surface area contributed by atoms with Crippen LogP contribution in [0.4, 0.5) is 0 Å². The first-order chi connectivity index (χ1) is 5.20. The Hall–Kier alpha value is -1.08. The molecule has 0 unspecified atom stereocenters. The van der Waals surface area contributed by atoms with Gasteiger partial charge in [-0.2, -0.15) is 0 Å². The molecule has 0 radical (unpaired) electrons. The first kappa shape index (κ1) is 22.7. The van der Waals surface area contributed by atoms with Crippen LogP contribution in [0.25, 0.3) is 0 Å². The zero-order valence-electron chi connectivity index (χ0n) is 5.41. The number of rotatable bonds is 0.